The first-order valence-electron chi connectivity index (χ1n) is 7.43. The molecule has 1 atom stereocenters. The lowest BCUT2D eigenvalue weighted by Gasteiger charge is -2.34. The molecule has 2 N–H and O–H groups in total. The largest absolute Gasteiger partial charge is 0.466 e. The summed E-state index contributed by atoms with van der Waals surface area (Å²) in [5.74, 6) is -3.09. The Hall–Kier alpha value is -3.10. The van der Waals surface area contributed by atoms with E-state index in [9.17, 15) is 22.8 Å². The zero-order chi connectivity index (χ0) is 19.4. The molecule has 0 bridgehead atoms. The molecule has 9 heteroatoms. The summed E-state index contributed by atoms with van der Waals surface area (Å²) in [6, 6.07) is 9.97. The number of benzene rings is 1. The van der Waals surface area contributed by atoms with E-state index in [0.717, 1.165) is 12.7 Å². The Balaban J connectivity index is 2.46. The van der Waals surface area contributed by atoms with Crippen LogP contribution in [0.3, 0.4) is 0 Å². The number of aromatic nitrogens is 1. The number of carbonyl (C=O) groups is 2. The number of hydrogen-bond acceptors (Lipinski definition) is 5. The fraction of sp³-hybridized carbons (Fsp3) is 0.235. The Labute approximate surface area is 147 Å². The van der Waals surface area contributed by atoms with Crippen LogP contribution in [-0.2, 0) is 9.53 Å². The highest BCUT2D eigenvalue weighted by molar-refractivity contribution is 5.99. The van der Waals surface area contributed by atoms with Crippen molar-refractivity contribution in [3.63, 3.8) is 0 Å². The van der Waals surface area contributed by atoms with Crippen LogP contribution in [0.2, 0.25) is 0 Å². The minimum Gasteiger partial charge on any atom is -0.466 e. The molecule has 0 spiro atoms. The predicted octanol–water partition coefficient (Wildman–Crippen LogP) is 2.66. The Kier molecular flexibility index (Phi) is 5.49. The van der Waals surface area contributed by atoms with Gasteiger partial charge in [0.05, 0.1) is 7.11 Å². The fourth-order valence-electron chi connectivity index (χ4n) is 2.12. The van der Waals surface area contributed by atoms with Crippen LogP contribution >= 0.6 is 0 Å². The van der Waals surface area contributed by atoms with Crippen LogP contribution in [0, 0.1) is 6.92 Å². The molecule has 1 unspecified atom stereocenters. The first-order chi connectivity index (χ1) is 12.2. The second-order valence-electron chi connectivity index (χ2n) is 5.40. The maximum Gasteiger partial charge on any atom is 0.441 e. The third-order valence-corrected chi connectivity index (χ3v) is 3.51. The number of methoxy groups -OCH3 is 1. The second-order valence-corrected chi connectivity index (χ2v) is 5.40. The highest BCUT2D eigenvalue weighted by Gasteiger charge is 2.63. The van der Waals surface area contributed by atoms with Crippen LogP contribution in [-0.4, -0.2) is 35.8 Å². The Bertz CT molecular complexity index is 779. The zero-order valence-corrected chi connectivity index (χ0v) is 13.9. The predicted molar refractivity (Wildman–Crippen MR) is 87.3 cm³/mol. The molecule has 0 saturated carbocycles. The van der Waals surface area contributed by atoms with E-state index in [2.05, 4.69) is 9.72 Å². The van der Waals surface area contributed by atoms with Gasteiger partial charge in [0.25, 0.3) is 5.91 Å². The summed E-state index contributed by atoms with van der Waals surface area (Å²) in [5, 5.41) is 3.67. The number of hydrogen-bond donors (Lipinski definition) is 2. The summed E-state index contributed by atoms with van der Waals surface area (Å²) in [5.41, 5.74) is -2.72. The van der Waals surface area contributed by atoms with Crippen molar-refractivity contribution in [2.45, 2.75) is 18.8 Å². The van der Waals surface area contributed by atoms with Crippen LogP contribution in [0.15, 0.2) is 48.7 Å². The summed E-state index contributed by atoms with van der Waals surface area (Å²) in [7, 11) is 0.793. The number of aryl methyl sites for hydroxylation is 1. The molecule has 1 aromatic carbocycles. The Morgan fingerprint density at radius 2 is 1.73 bits per heavy atom. The van der Waals surface area contributed by atoms with Gasteiger partial charge in [-0.1, -0.05) is 23.8 Å². The Morgan fingerprint density at radius 1 is 1.08 bits per heavy atom. The van der Waals surface area contributed by atoms with Gasteiger partial charge in [-0.25, -0.2) is 9.78 Å². The van der Waals surface area contributed by atoms with E-state index in [1.54, 1.807) is 24.4 Å². The Morgan fingerprint density at radius 3 is 2.23 bits per heavy atom. The van der Waals surface area contributed by atoms with Gasteiger partial charge in [0.15, 0.2) is 0 Å². The molecule has 1 aromatic heterocycles. The second kappa shape index (κ2) is 7.42. The van der Waals surface area contributed by atoms with E-state index < -0.39 is 23.7 Å². The summed E-state index contributed by atoms with van der Waals surface area (Å²) in [4.78, 5) is 28.1. The molecular formula is C17H16F3N3O3. The summed E-state index contributed by atoms with van der Waals surface area (Å²) >= 11 is 0. The zero-order valence-electron chi connectivity index (χ0n) is 13.9. The van der Waals surface area contributed by atoms with Crippen molar-refractivity contribution in [1.29, 1.82) is 0 Å². The lowest BCUT2D eigenvalue weighted by Crippen LogP contribution is -2.69. The molecular weight excluding hydrogens is 351 g/mol. The molecule has 0 aliphatic heterocycles. The van der Waals surface area contributed by atoms with E-state index >= 15 is 0 Å². The van der Waals surface area contributed by atoms with Crippen LogP contribution in [0.25, 0.3) is 0 Å². The van der Waals surface area contributed by atoms with Gasteiger partial charge < -0.3 is 15.4 Å². The van der Waals surface area contributed by atoms with Crippen molar-refractivity contribution >= 4 is 17.7 Å². The van der Waals surface area contributed by atoms with E-state index in [1.165, 1.54) is 36.5 Å². The monoisotopic (exact) mass is 367 g/mol. The molecule has 1 amide bonds. The third-order valence-electron chi connectivity index (χ3n) is 3.51. The number of carbonyl (C=O) groups excluding carboxylic acids is 2. The highest BCUT2D eigenvalue weighted by atomic mass is 19.4. The van der Waals surface area contributed by atoms with Crippen molar-refractivity contribution in [3.8, 4) is 0 Å². The van der Waals surface area contributed by atoms with Crippen molar-refractivity contribution in [2.75, 3.05) is 12.4 Å². The first kappa shape index (κ1) is 19.2. The average Bonchev–Trinajstić information content (AvgIpc) is 2.60. The minimum atomic E-state index is -5.21. The summed E-state index contributed by atoms with van der Waals surface area (Å²) in [6.45, 7) is 1.76. The molecule has 138 valence electrons. The summed E-state index contributed by atoms with van der Waals surface area (Å²) in [6.07, 6.45) is -3.97. The van der Waals surface area contributed by atoms with Gasteiger partial charge in [0, 0.05) is 11.8 Å². The molecule has 0 radical (unpaired) electrons. The number of halogens is 3. The van der Waals surface area contributed by atoms with E-state index in [-0.39, 0.29) is 11.4 Å². The number of pyridine rings is 1. The molecule has 0 aliphatic carbocycles. The number of nitrogens with one attached hydrogen (secondary N) is 2. The smallest absolute Gasteiger partial charge is 0.441 e. The maximum absolute atomic E-state index is 13.8. The number of alkyl halides is 3. The molecule has 6 nitrogen and oxygen atoms in total. The number of rotatable bonds is 5. The van der Waals surface area contributed by atoms with Gasteiger partial charge in [-0.3, -0.25) is 4.79 Å². The first-order valence-corrected chi connectivity index (χ1v) is 7.43. The number of nitrogens with zero attached hydrogens (tertiary/aromatic N) is 1. The van der Waals surface area contributed by atoms with E-state index in [0.29, 0.717) is 0 Å². The summed E-state index contributed by atoms with van der Waals surface area (Å²) < 4.78 is 45.8. The number of amides is 1. The van der Waals surface area contributed by atoms with Crippen LogP contribution in [0.1, 0.15) is 15.9 Å². The lowest BCUT2D eigenvalue weighted by atomic mass is 10.1. The standard InChI is InChI=1S/C17H16F3N3O3/c1-11-6-8-12(9-7-11)14(24)23-16(15(25)26-2,17(18,19)20)22-13-5-3-4-10-21-13/h3-10H,1-2H3,(H,21,22)(H,23,24). The van der Waals surface area contributed by atoms with Crippen molar-refractivity contribution in [1.82, 2.24) is 10.3 Å². The molecule has 0 aliphatic rings. The topological polar surface area (TPSA) is 80.3 Å². The highest BCUT2D eigenvalue weighted by Crippen LogP contribution is 2.32. The normalized spacial score (nSPS) is 13.4. The third kappa shape index (κ3) is 3.93. The van der Waals surface area contributed by atoms with E-state index in [4.69, 9.17) is 0 Å². The van der Waals surface area contributed by atoms with Gasteiger partial charge in [-0.15, -0.1) is 0 Å². The van der Waals surface area contributed by atoms with Crippen molar-refractivity contribution < 1.29 is 27.5 Å². The van der Waals surface area contributed by atoms with Gasteiger partial charge in [-0.2, -0.15) is 13.2 Å². The molecule has 2 aromatic rings. The number of ether oxygens (including phenoxy) is 1. The van der Waals surface area contributed by atoms with Gasteiger partial charge in [0.2, 0.25) is 0 Å². The van der Waals surface area contributed by atoms with Crippen molar-refractivity contribution in [2.24, 2.45) is 0 Å². The molecule has 1 heterocycles. The van der Waals surface area contributed by atoms with E-state index in [1.807, 2.05) is 5.32 Å². The fourth-order valence-corrected chi connectivity index (χ4v) is 2.12. The van der Waals surface area contributed by atoms with Crippen LogP contribution in [0.4, 0.5) is 19.0 Å². The number of esters is 1. The average molecular weight is 367 g/mol. The minimum absolute atomic E-state index is 0.0454. The quantitative estimate of drug-likeness (QED) is 0.627. The van der Waals surface area contributed by atoms with Gasteiger partial charge in [-0.05, 0) is 31.2 Å². The van der Waals surface area contributed by atoms with Crippen molar-refractivity contribution in [3.05, 3.63) is 59.8 Å². The number of anilines is 1. The SMILES string of the molecule is COC(=O)C(NC(=O)c1ccc(C)cc1)(Nc1ccccn1)C(F)(F)F. The molecule has 2 rings (SSSR count). The molecule has 0 fully saturated rings. The van der Waals surface area contributed by atoms with Crippen LogP contribution in [0.5, 0.6) is 0 Å². The molecule has 26 heavy (non-hydrogen) atoms. The van der Waals surface area contributed by atoms with Gasteiger partial charge >= 0.3 is 17.8 Å². The molecule has 0 saturated heterocycles. The van der Waals surface area contributed by atoms with Crippen LogP contribution < -0.4 is 10.6 Å². The van der Waals surface area contributed by atoms with Gasteiger partial charge in [0.1, 0.15) is 5.82 Å². The lowest BCUT2D eigenvalue weighted by molar-refractivity contribution is -0.203. The maximum atomic E-state index is 13.8.